The fourth-order valence-electron chi connectivity index (χ4n) is 5.87. The summed E-state index contributed by atoms with van der Waals surface area (Å²) < 4.78 is 71.1. The van der Waals surface area contributed by atoms with Gasteiger partial charge in [0.2, 0.25) is 0 Å². The van der Waals surface area contributed by atoms with Crippen molar-refractivity contribution in [1.82, 2.24) is 20.0 Å². The highest BCUT2D eigenvalue weighted by Gasteiger charge is 2.38. The molecule has 1 aromatic heterocycles. The second-order valence-electron chi connectivity index (χ2n) is 10.3. The van der Waals surface area contributed by atoms with Crippen LogP contribution in [0, 0.1) is 11.6 Å². The topological polar surface area (TPSA) is 47.2 Å². The molecule has 0 unspecified atom stereocenters. The van der Waals surface area contributed by atoms with E-state index in [4.69, 9.17) is 0 Å². The van der Waals surface area contributed by atoms with Gasteiger partial charge in [-0.25, -0.2) is 17.6 Å². The maximum absolute atomic E-state index is 15.7. The molecule has 1 saturated heterocycles. The number of benzene rings is 2. The number of aromatic nitrogens is 2. The lowest BCUT2D eigenvalue weighted by Gasteiger charge is -2.42. The van der Waals surface area contributed by atoms with E-state index in [-0.39, 0.29) is 24.3 Å². The molecule has 0 radical (unpaired) electrons. The molecule has 2 aromatic carbocycles. The van der Waals surface area contributed by atoms with E-state index in [0.29, 0.717) is 37.2 Å². The minimum atomic E-state index is -2.65. The van der Waals surface area contributed by atoms with Crippen molar-refractivity contribution in [2.24, 2.45) is 0 Å². The van der Waals surface area contributed by atoms with Crippen LogP contribution in [0.15, 0.2) is 42.7 Å². The third-order valence-corrected chi connectivity index (χ3v) is 7.63. The lowest BCUT2D eigenvalue weighted by molar-refractivity contribution is 0.0445. The quantitative estimate of drug-likeness (QED) is 0.341. The van der Waals surface area contributed by atoms with Crippen LogP contribution in [0.2, 0.25) is 0 Å². The molecule has 1 fully saturated rings. The van der Waals surface area contributed by atoms with Gasteiger partial charge in [-0.15, -0.1) is 0 Å². The molecule has 0 amide bonds. The number of nitrogens with one attached hydrogen (secondary N) is 2. The Kier molecular flexibility index (Phi) is 7.99. The van der Waals surface area contributed by atoms with Crippen LogP contribution in [-0.2, 0) is 6.42 Å². The first-order chi connectivity index (χ1) is 18.3. The van der Waals surface area contributed by atoms with E-state index in [0.717, 1.165) is 29.7 Å². The number of likely N-dealkylation sites (tertiary alicyclic amines) is 1. The zero-order valence-electron chi connectivity index (χ0n) is 21.2. The van der Waals surface area contributed by atoms with Gasteiger partial charge in [0.15, 0.2) is 0 Å². The van der Waals surface area contributed by atoms with Gasteiger partial charge in [-0.1, -0.05) is 18.2 Å². The summed E-state index contributed by atoms with van der Waals surface area (Å²) in [6, 6.07) is 6.71. The summed E-state index contributed by atoms with van der Waals surface area (Å²) in [6.07, 6.45) is 2.51. The normalized spacial score (nSPS) is 22.2. The third-order valence-electron chi connectivity index (χ3n) is 7.63. The van der Waals surface area contributed by atoms with Gasteiger partial charge >= 0.3 is 0 Å². The fraction of sp³-hybridized carbons (Fsp3) is 0.464. The van der Waals surface area contributed by atoms with Crippen LogP contribution in [0.25, 0.3) is 11.1 Å². The Balaban J connectivity index is 1.46. The van der Waals surface area contributed by atoms with Crippen LogP contribution in [0.1, 0.15) is 42.5 Å². The average Bonchev–Trinajstić information content (AvgIpc) is 3.56. The number of hydrogen-bond donors (Lipinski definition) is 2. The highest BCUT2D eigenvalue weighted by atomic mass is 19.3. The van der Waals surface area contributed by atoms with Gasteiger partial charge < -0.3 is 10.2 Å². The van der Waals surface area contributed by atoms with Crippen molar-refractivity contribution < 1.29 is 22.0 Å². The Hall–Kier alpha value is -2.98. The Labute approximate surface area is 219 Å². The van der Waals surface area contributed by atoms with Gasteiger partial charge in [0.05, 0.1) is 25.5 Å². The fourth-order valence-corrected chi connectivity index (χ4v) is 5.87. The summed E-state index contributed by atoms with van der Waals surface area (Å²) in [5.41, 5.74) is 3.33. The summed E-state index contributed by atoms with van der Waals surface area (Å²) in [7, 11) is 0. The molecule has 3 atom stereocenters. The van der Waals surface area contributed by atoms with Crippen LogP contribution < -0.4 is 5.32 Å². The van der Waals surface area contributed by atoms with Crippen molar-refractivity contribution in [2.75, 3.05) is 38.2 Å². The maximum Gasteiger partial charge on any atom is 0.251 e. The highest BCUT2D eigenvalue weighted by molar-refractivity contribution is 5.64. The van der Waals surface area contributed by atoms with Gasteiger partial charge in [-0.2, -0.15) is 5.10 Å². The van der Waals surface area contributed by atoms with Crippen LogP contribution in [0.4, 0.5) is 27.6 Å². The lowest BCUT2D eigenvalue weighted by atomic mass is 9.83. The van der Waals surface area contributed by atoms with Crippen molar-refractivity contribution in [3.05, 3.63) is 71.1 Å². The molecule has 2 aliphatic rings. The van der Waals surface area contributed by atoms with E-state index in [1.165, 1.54) is 17.0 Å². The molecule has 3 heterocycles. The van der Waals surface area contributed by atoms with E-state index >= 15 is 8.78 Å². The summed E-state index contributed by atoms with van der Waals surface area (Å²) in [4.78, 5) is 3.62. The largest absolute Gasteiger partial charge is 0.381 e. The Bertz CT molecular complexity index is 1210. The van der Waals surface area contributed by atoms with E-state index in [1.807, 2.05) is 19.1 Å². The number of hydrogen-bond acceptors (Lipinski definition) is 4. The predicted octanol–water partition coefficient (Wildman–Crippen LogP) is 5.80. The standard InChI is InChI=1S/C28H32F5N5/c1-17-9-19-10-18(20-13-34-35-14-20)3-4-23(19)28(38(17)16-26(32)33)27-24(30)11-22(12-25(27)31)36-21-5-8-37(15-21)7-2-6-29/h3-4,10-14,17,21,26,28,36H,2,5-9,15-16H2,1H3,(H,34,35)/t17-,21+,28+/m1/s1. The molecule has 2 N–H and O–H groups in total. The van der Waals surface area contributed by atoms with Crippen molar-refractivity contribution in [1.29, 1.82) is 0 Å². The second kappa shape index (κ2) is 11.4. The molecule has 204 valence electrons. The minimum absolute atomic E-state index is 0.00800. The van der Waals surface area contributed by atoms with Gasteiger partial charge in [0.25, 0.3) is 6.43 Å². The summed E-state index contributed by atoms with van der Waals surface area (Å²) in [5.74, 6) is -1.55. The minimum Gasteiger partial charge on any atom is -0.381 e. The first kappa shape index (κ1) is 26.6. The Morgan fingerprint density at radius 2 is 1.92 bits per heavy atom. The van der Waals surface area contributed by atoms with E-state index in [9.17, 15) is 13.2 Å². The Morgan fingerprint density at radius 3 is 2.61 bits per heavy atom. The number of H-pyrrole nitrogens is 1. The van der Waals surface area contributed by atoms with Gasteiger partial charge in [0, 0.05) is 54.7 Å². The van der Waals surface area contributed by atoms with Gasteiger partial charge in [-0.3, -0.25) is 14.4 Å². The molecule has 10 heteroatoms. The monoisotopic (exact) mass is 533 g/mol. The van der Waals surface area contributed by atoms with Crippen molar-refractivity contribution in [3.8, 4) is 11.1 Å². The average molecular weight is 534 g/mol. The molecule has 38 heavy (non-hydrogen) atoms. The molecule has 0 bridgehead atoms. The predicted molar refractivity (Wildman–Crippen MR) is 137 cm³/mol. The van der Waals surface area contributed by atoms with Crippen LogP contribution >= 0.6 is 0 Å². The van der Waals surface area contributed by atoms with Crippen LogP contribution in [-0.4, -0.2) is 71.4 Å². The number of rotatable bonds is 9. The van der Waals surface area contributed by atoms with E-state index < -0.39 is 30.6 Å². The third kappa shape index (κ3) is 5.56. The van der Waals surface area contributed by atoms with Crippen molar-refractivity contribution >= 4 is 5.69 Å². The number of fused-ring (bicyclic) bond motifs is 1. The summed E-state index contributed by atoms with van der Waals surface area (Å²) in [6.45, 7) is 2.95. The van der Waals surface area contributed by atoms with E-state index in [1.54, 1.807) is 18.5 Å². The first-order valence-electron chi connectivity index (χ1n) is 13.0. The Morgan fingerprint density at radius 1 is 1.13 bits per heavy atom. The second-order valence-corrected chi connectivity index (χ2v) is 10.3. The zero-order valence-corrected chi connectivity index (χ0v) is 21.2. The molecule has 2 aliphatic heterocycles. The molecule has 0 aliphatic carbocycles. The summed E-state index contributed by atoms with van der Waals surface area (Å²) >= 11 is 0. The van der Waals surface area contributed by atoms with Crippen molar-refractivity contribution in [3.63, 3.8) is 0 Å². The van der Waals surface area contributed by atoms with Gasteiger partial charge in [-0.05, 0) is 55.0 Å². The summed E-state index contributed by atoms with van der Waals surface area (Å²) in [5, 5.41) is 9.95. The van der Waals surface area contributed by atoms with Crippen LogP contribution in [0.3, 0.4) is 0 Å². The number of nitrogens with zero attached hydrogens (tertiary/aromatic N) is 3. The van der Waals surface area contributed by atoms with Crippen molar-refractivity contribution in [2.45, 2.75) is 50.7 Å². The van der Waals surface area contributed by atoms with E-state index in [2.05, 4.69) is 20.4 Å². The molecule has 3 aromatic rings. The van der Waals surface area contributed by atoms with Crippen LogP contribution in [0.5, 0.6) is 0 Å². The number of aromatic amines is 1. The molecule has 0 saturated carbocycles. The number of halogens is 5. The SMILES string of the molecule is C[C@@H]1Cc2cc(-c3cn[nH]c3)ccc2[C@@H](c2c(F)cc(N[C@H]3CCN(CCCF)C3)cc2F)N1CC(F)F. The molecule has 0 spiro atoms. The zero-order chi connectivity index (χ0) is 26.8. The number of anilines is 1. The maximum atomic E-state index is 15.7. The first-order valence-corrected chi connectivity index (χ1v) is 13.0. The number of alkyl halides is 3. The smallest absolute Gasteiger partial charge is 0.251 e. The molecular weight excluding hydrogens is 501 g/mol. The molecule has 5 nitrogen and oxygen atoms in total. The lowest BCUT2D eigenvalue weighted by Crippen LogP contribution is -2.45. The molecule has 5 rings (SSSR count). The van der Waals surface area contributed by atoms with Gasteiger partial charge in [0.1, 0.15) is 11.6 Å². The highest BCUT2D eigenvalue weighted by Crippen LogP contribution is 2.42. The molecular formula is C28H32F5N5.